The minimum atomic E-state index is -3.29. The molecule has 2 heterocycles. The average molecular weight is 527 g/mol. The minimum Gasteiger partial charge on any atom is -0.302 e. The molecule has 36 heavy (non-hydrogen) atoms. The van der Waals surface area contributed by atoms with Crippen LogP contribution in [0.2, 0.25) is 0 Å². The van der Waals surface area contributed by atoms with Gasteiger partial charge in [-0.15, -0.1) is 11.3 Å². The summed E-state index contributed by atoms with van der Waals surface area (Å²) in [6, 6.07) is 12.5. The molecule has 0 spiro atoms. The van der Waals surface area contributed by atoms with Crippen molar-refractivity contribution in [2.75, 3.05) is 11.6 Å². The zero-order valence-corrected chi connectivity index (χ0v) is 22.1. The summed E-state index contributed by atoms with van der Waals surface area (Å²) in [5.74, 6) is -0.431. The van der Waals surface area contributed by atoms with Gasteiger partial charge in [0.2, 0.25) is 5.91 Å². The van der Waals surface area contributed by atoms with Crippen LogP contribution in [-0.4, -0.2) is 30.5 Å². The number of sulfone groups is 1. The van der Waals surface area contributed by atoms with Crippen molar-refractivity contribution >= 4 is 32.2 Å². The fraction of sp³-hybridized carbons (Fsp3) is 0.346. The first-order valence-corrected chi connectivity index (χ1v) is 14.2. The number of carbonyl (C=O) groups excluding carboxylic acids is 1. The molecule has 0 radical (unpaired) electrons. The SMILES string of the molecule is CC(C)[C@H]1c2nc(NC(=O)Cc3ccc(S(C)(=O)=O)cc3)sc2CN1[C@H](C)c1ccc(C#N)cc1F. The smallest absolute Gasteiger partial charge is 0.230 e. The van der Waals surface area contributed by atoms with E-state index in [1.165, 1.54) is 29.5 Å². The van der Waals surface area contributed by atoms with Gasteiger partial charge in [-0.2, -0.15) is 5.26 Å². The number of amides is 1. The lowest BCUT2D eigenvalue weighted by Gasteiger charge is -2.33. The fourth-order valence-corrected chi connectivity index (χ4v) is 6.23. The lowest BCUT2D eigenvalue weighted by molar-refractivity contribution is -0.115. The minimum absolute atomic E-state index is 0.0458. The van der Waals surface area contributed by atoms with Crippen LogP contribution in [0.15, 0.2) is 47.4 Å². The molecule has 1 aromatic heterocycles. The molecule has 0 aliphatic carbocycles. The maximum absolute atomic E-state index is 14.7. The summed E-state index contributed by atoms with van der Waals surface area (Å²) in [6.07, 6.45) is 1.24. The Morgan fingerprint density at radius 3 is 2.53 bits per heavy atom. The van der Waals surface area contributed by atoms with Crippen LogP contribution in [0.25, 0.3) is 0 Å². The number of hydrogen-bond donors (Lipinski definition) is 1. The van der Waals surface area contributed by atoms with Crippen LogP contribution in [0.3, 0.4) is 0 Å². The van der Waals surface area contributed by atoms with Gasteiger partial charge in [0.15, 0.2) is 15.0 Å². The van der Waals surface area contributed by atoms with Gasteiger partial charge >= 0.3 is 0 Å². The molecule has 1 N–H and O–H groups in total. The molecule has 0 saturated heterocycles. The summed E-state index contributed by atoms with van der Waals surface area (Å²) < 4.78 is 38.0. The Bertz CT molecular complexity index is 1440. The van der Waals surface area contributed by atoms with Crippen molar-refractivity contribution in [3.8, 4) is 6.07 Å². The number of thiazole rings is 1. The highest BCUT2D eigenvalue weighted by molar-refractivity contribution is 7.90. The van der Waals surface area contributed by atoms with Crippen LogP contribution in [0, 0.1) is 23.1 Å². The van der Waals surface area contributed by atoms with Gasteiger partial charge in [-0.25, -0.2) is 17.8 Å². The number of anilines is 1. The highest BCUT2D eigenvalue weighted by atomic mass is 32.2. The number of hydrogen-bond acceptors (Lipinski definition) is 7. The predicted octanol–water partition coefficient (Wildman–Crippen LogP) is 5.01. The molecule has 4 rings (SSSR count). The number of benzene rings is 2. The van der Waals surface area contributed by atoms with E-state index in [-0.39, 0.29) is 40.8 Å². The number of nitrogens with zero attached hydrogens (tertiary/aromatic N) is 3. The van der Waals surface area contributed by atoms with E-state index in [1.807, 2.05) is 13.0 Å². The second-order valence-corrected chi connectivity index (χ2v) is 12.5. The van der Waals surface area contributed by atoms with Crippen molar-refractivity contribution in [1.29, 1.82) is 5.26 Å². The van der Waals surface area contributed by atoms with E-state index >= 15 is 0 Å². The molecule has 10 heteroatoms. The molecular weight excluding hydrogens is 499 g/mol. The number of nitriles is 1. The zero-order chi connectivity index (χ0) is 26.2. The van der Waals surface area contributed by atoms with E-state index in [4.69, 9.17) is 10.2 Å². The molecule has 2 atom stereocenters. The Morgan fingerprint density at radius 2 is 1.94 bits per heavy atom. The van der Waals surface area contributed by atoms with Gasteiger partial charge in [-0.3, -0.25) is 9.69 Å². The highest BCUT2D eigenvalue weighted by Gasteiger charge is 2.39. The van der Waals surface area contributed by atoms with Crippen molar-refractivity contribution in [3.05, 3.63) is 75.5 Å². The summed E-state index contributed by atoms with van der Waals surface area (Å²) in [5, 5.41) is 12.4. The second-order valence-electron chi connectivity index (χ2n) is 9.35. The Kier molecular flexibility index (Phi) is 7.27. The van der Waals surface area contributed by atoms with Crippen molar-refractivity contribution < 1.29 is 17.6 Å². The lowest BCUT2D eigenvalue weighted by atomic mass is 9.98. The number of nitrogens with one attached hydrogen (secondary N) is 1. The number of rotatable bonds is 7. The van der Waals surface area contributed by atoms with E-state index in [0.29, 0.717) is 22.8 Å². The van der Waals surface area contributed by atoms with E-state index in [2.05, 4.69) is 24.1 Å². The Labute approximate surface area is 214 Å². The topological polar surface area (TPSA) is 103 Å². The standard InChI is InChI=1S/C26H27FN4O3S2/c1-15(2)25-24-22(14-31(25)16(3)20-10-7-18(13-28)11-21(20)27)35-26(30-24)29-23(32)12-17-5-8-19(9-6-17)36(4,33)34/h5-11,15-16,25H,12,14H2,1-4H3,(H,29,30,32)/t16-,25+/m1/s1. The van der Waals surface area contributed by atoms with Crippen molar-refractivity contribution in [1.82, 2.24) is 9.88 Å². The normalized spacial score (nSPS) is 16.5. The van der Waals surface area contributed by atoms with Crippen LogP contribution in [0.5, 0.6) is 0 Å². The Balaban J connectivity index is 1.48. The van der Waals surface area contributed by atoms with Crippen molar-refractivity contribution in [3.63, 3.8) is 0 Å². The number of aromatic nitrogens is 1. The van der Waals surface area contributed by atoms with E-state index < -0.39 is 15.7 Å². The van der Waals surface area contributed by atoms with Gasteiger partial charge in [-0.05, 0) is 42.7 Å². The van der Waals surface area contributed by atoms with Gasteiger partial charge in [-0.1, -0.05) is 32.0 Å². The maximum atomic E-state index is 14.7. The molecule has 1 aliphatic heterocycles. The predicted molar refractivity (Wildman–Crippen MR) is 137 cm³/mol. The quantitative estimate of drug-likeness (QED) is 0.464. The van der Waals surface area contributed by atoms with Crippen LogP contribution in [-0.2, 0) is 27.6 Å². The summed E-state index contributed by atoms with van der Waals surface area (Å²) in [4.78, 5) is 20.8. The molecule has 0 unspecified atom stereocenters. The summed E-state index contributed by atoms with van der Waals surface area (Å²) in [6.45, 7) is 6.71. The van der Waals surface area contributed by atoms with E-state index in [0.717, 1.165) is 16.8 Å². The first kappa shape index (κ1) is 25.9. The van der Waals surface area contributed by atoms with Gasteiger partial charge in [0.25, 0.3) is 0 Å². The molecule has 0 saturated carbocycles. The largest absolute Gasteiger partial charge is 0.302 e. The third kappa shape index (κ3) is 5.33. The monoisotopic (exact) mass is 526 g/mol. The molecule has 0 bridgehead atoms. The summed E-state index contributed by atoms with van der Waals surface area (Å²) in [7, 11) is -3.29. The molecule has 1 amide bonds. The Morgan fingerprint density at radius 1 is 1.25 bits per heavy atom. The highest BCUT2D eigenvalue weighted by Crippen LogP contribution is 2.46. The third-order valence-corrected chi connectivity index (χ3v) is 8.46. The summed E-state index contributed by atoms with van der Waals surface area (Å²) in [5.41, 5.74) is 2.42. The van der Waals surface area contributed by atoms with Crippen LogP contribution >= 0.6 is 11.3 Å². The van der Waals surface area contributed by atoms with Gasteiger partial charge in [0, 0.05) is 29.3 Å². The second kappa shape index (κ2) is 10.1. The van der Waals surface area contributed by atoms with Gasteiger partial charge in [0.1, 0.15) is 5.82 Å². The zero-order valence-electron chi connectivity index (χ0n) is 20.4. The van der Waals surface area contributed by atoms with E-state index in [9.17, 15) is 17.6 Å². The van der Waals surface area contributed by atoms with Crippen LogP contribution < -0.4 is 5.32 Å². The van der Waals surface area contributed by atoms with Crippen molar-refractivity contribution in [2.24, 2.45) is 5.92 Å². The fourth-order valence-electron chi connectivity index (χ4n) is 4.58. The third-order valence-electron chi connectivity index (χ3n) is 6.36. The van der Waals surface area contributed by atoms with E-state index in [1.54, 1.807) is 24.3 Å². The molecule has 2 aromatic carbocycles. The average Bonchev–Trinajstić information content (AvgIpc) is 3.35. The Hall–Kier alpha value is -3.13. The van der Waals surface area contributed by atoms with Gasteiger partial charge < -0.3 is 5.32 Å². The first-order chi connectivity index (χ1) is 17.0. The van der Waals surface area contributed by atoms with Crippen molar-refractivity contribution in [2.45, 2.75) is 50.7 Å². The summed E-state index contributed by atoms with van der Waals surface area (Å²) >= 11 is 1.41. The molecule has 7 nitrogen and oxygen atoms in total. The number of fused-ring (bicyclic) bond motifs is 1. The number of halogens is 1. The molecule has 1 aliphatic rings. The van der Waals surface area contributed by atoms with Crippen LogP contribution in [0.4, 0.5) is 9.52 Å². The molecule has 188 valence electrons. The number of carbonyl (C=O) groups is 1. The molecule has 0 fully saturated rings. The molecular formula is C26H27FN4O3S2. The first-order valence-electron chi connectivity index (χ1n) is 11.5. The molecule has 3 aromatic rings. The van der Waals surface area contributed by atoms with Gasteiger partial charge in [0.05, 0.1) is 34.7 Å². The maximum Gasteiger partial charge on any atom is 0.230 e. The lowest BCUT2D eigenvalue weighted by Crippen LogP contribution is -2.30. The van der Waals surface area contributed by atoms with Crippen LogP contribution in [0.1, 0.15) is 60.1 Å².